The molecule has 160 valence electrons. The summed E-state index contributed by atoms with van der Waals surface area (Å²) in [4.78, 5) is 48.0. The van der Waals surface area contributed by atoms with Crippen LogP contribution in [0.5, 0.6) is 0 Å². The van der Waals surface area contributed by atoms with Crippen LogP contribution < -0.4 is 0 Å². The van der Waals surface area contributed by atoms with E-state index in [1.165, 1.54) is 13.8 Å². The minimum atomic E-state index is -0.361. The summed E-state index contributed by atoms with van der Waals surface area (Å²) >= 11 is 0. The molecule has 1 aliphatic heterocycles. The number of piperidine rings is 1. The van der Waals surface area contributed by atoms with Crippen LogP contribution >= 0.6 is 0 Å². The van der Waals surface area contributed by atoms with Crippen molar-refractivity contribution >= 4 is 23.5 Å². The zero-order valence-electron chi connectivity index (χ0n) is 18.1. The third-order valence-corrected chi connectivity index (χ3v) is 5.15. The molecular weight excluding hydrogens is 362 g/mol. The number of carbonyl (C=O) groups excluding carboxylic acids is 4. The van der Waals surface area contributed by atoms with Crippen LogP contribution in [0.2, 0.25) is 0 Å². The zero-order valence-corrected chi connectivity index (χ0v) is 18.1. The number of esters is 2. The molecule has 0 aliphatic carbocycles. The SMILES string of the molecule is CC(=O)CCC(=O)OCCN1C(C)(C)CC(OC(=O)CCC(C)=O)CC1(C)C. The van der Waals surface area contributed by atoms with Gasteiger partial charge in [0.15, 0.2) is 0 Å². The molecule has 0 aromatic carbocycles. The Morgan fingerprint density at radius 1 is 0.821 bits per heavy atom. The lowest BCUT2D eigenvalue weighted by Gasteiger charge is -2.54. The molecule has 7 nitrogen and oxygen atoms in total. The van der Waals surface area contributed by atoms with Crippen LogP contribution in [0, 0.1) is 0 Å². The Hall–Kier alpha value is -1.76. The number of ether oxygens (including phenoxy) is 2. The fourth-order valence-electron chi connectivity index (χ4n) is 4.04. The highest BCUT2D eigenvalue weighted by atomic mass is 16.5. The number of rotatable bonds is 10. The number of nitrogens with zero attached hydrogens (tertiary/aromatic N) is 1. The Balaban J connectivity index is 2.59. The summed E-state index contributed by atoms with van der Waals surface area (Å²) in [5.41, 5.74) is -0.502. The molecule has 0 radical (unpaired) electrons. The molecule has 7 heteroatoms. The predicted molar refractivity (Wildman–Crippen MR) is 105 cm³/mol. The summed E-state index contributed by atoms with van der Waals surface area (Å²) in [6, 6.07) is 0. The summed E-state index contributed by atoms with van der Waals surface area (Å²) in [6.07, 6.45) is 1.77. The highest BCUT2D eigenvalue weighted by molar-refractivity contribution is 5.81. The maximum atomic E-state index is 12.0. The Labute approximate surface area is 168 Å². The van der Waals surface area contributed by atoms with E-state index in [1.54, 1.807) is 0 Å². The van der Waals surface area contributed by atoms with Crippen LogP contribution in [-0.4, -0.2) is 58.7 Å². The lowest BCUT2D eigenvalue weighted by molar-refractivity contribution is -0.163. The molecule has 28 heavy (non-hydrogen) atoms. The van der Waals surface area contributed by atoms with Crippen molar-refractivity contribution < 1.29 is 28.7 Å². The Kier molecular flexibility index (Phi) is 8.79. The van der Waals surface area contributed by atoms with Crippen molar-refractivity contribution in [2.75, 3.05) is 13.2 Å². The minimum absolute atomic E-state index is 0.0229. The monoisotopic (exact) mass is 397 g/mol. The molecular formula is C21H35NO6. The maximum absolute atomic E-state index is 12.0. The van der Waals surface area contributed by atoms with E-state index in [0.29, 0.717) is 19.4 Å². The smallest absolute Gasteiger partial charge is 0.306 e. The van der Waals surface area contributed by atoms with Crippen molar-refractivity contribution in [1.82, 2.24) is 4.90 Å². The van der Waals surface area contributed by atoms with E-state index in [9.17, 15) is 19.2 Å². The average molecular weight is 398 g/mol. The van der Waals surface area contributed by atoms with Gasteiger partial charge in [0, 0.05) is 43.3 Å². The quantitative estimate of drug-likeness (QED) is 0.524. The average Bonchev–Trinajstić information content (AvgIpc) is 2.52. The topological polar surface area (TPSA) is 90.0 Å². The summed E-state index contributed by atoms with van der Waals surface area (Å²) < 4.78 is 10.9. The molecule has 1 heterocycles. The van der Waals surface area contributed by atoms with Crippen molar-refractivity contribution in [2.45, 2.75) is 97.2 Å². The summed E-state index contributed by atoms with van der Waals surface area (Å²) in [5.74, 6) is -0.746. The zero-order chi connectivity index (χ0) is 21.5. The van der Waals surface area contributed by atoms with Crippen molar-refractivity contribution in [1.29, 1.82) is 0 Å². The molecule has 0 amide bonds. The fraction of sp³-hybridized carbons (Fsp3) is 0.810. The highest BCUT2D eigenvalue weighted by Crippen LogP contribution is 2.39. The first-order chi connectivity index (χ1) is 12.8. The van der Waals surface area contributed by atoms with E-state index in [2.05, 4.69) is 32.6 Å². The predicted octanol–water partition coefficient (Wildman–Crippen LogP) is 2.83. The van der Waals surface area contributed by atoms with Gasteiger partial charge >= 0.3 is 11.9 Å². The number of carbonyl (C=O) groups is 4. The van der Waals surface area contributed by atoms with Crippen molar-refractivity contribution in [2.24, 2.45) is 0 Å². The fourth-order valence-corrected chi connectivity index (χ4v) is 4.04. The number of ketones is 2. The Bertz CT molecular complexity index is 578. The van der Waals surface area contributed by atoms with Gasteiger partial charge in [-0.3, -0.25) is 14.5 Å². The van der Waals surface area contributed by atoms with Crippen LogP contribution in [0.4, 0.5) is 0 Å². The van der Waals surface area contributed by atoms with Gasteiger partial charge < -0.3 is 19.1 Å². The lowest BCUT2D eigenvalue weighted by atomic mass is 9.78. The number of hydrogen-bond acceptors (Lipinski definition) is 7. The van der Waals surface area contributed by atoms with Gasteiger partial charge in [0.25, 0.3) is 0 Å². The molecule has 0 spiro atoms. The Morgan fingerprint density at radius 2 is 1.29 bits per heavy atom. The van der Waals surface area contributed by atoms with Crippen molar-refractivity contribution in [3.63, 3.8) is 0 Å². The van der Waals surface area contributed by atoms with E-state index in [1.807, 2.05) is 0 Å². The second-order valence-electron chi connectivity index (χ2n) is 8.92. The van der Waals surface area contributed by atoms with Gasteiger partial charge in [-0.05, 0) is 41.5 Å². The molecule has 1 saturated heterocycles. The van der Waals surface area contributed by atoms with Crippen LogP contribution in [-0.2, 0) is 28.7 Å². The van der Waals surface area contributed by atoms with Gasteiger partial charge in [-0.2, -0.15) is 0 Å². The van der Waals surface area contributed by atoms with E-state index in [-0.39, 0.29) is 73.0 Å². The number of Topliss-reactive ketones (excluding diaryl/α,β-unsaturated/α-hetero) is 2. The Morgan fingerprint density at radius 3 is 1.75 bits per heavy atom. The van der Waals surface area contributed by atoms with Crippen molar-refractivity contribution in [3.05, 3.63) is 0 Å². The normalized spacial score (nSPS) is 19.1. The first-order valence-corrected chi connectivity index (χ1v) is 9.95. The molecule has 0 aromatic heterocycles. The summed E-state index contributed by atoms with van der Waals surface area (Å²) in [7, 11) is 0. The van der Waals surface area contributed by atoms with Gasteiger partial charge in [0.05, 0.1) is 12.8 Å². The second-order valence-corrected chi connectivity index (χ2v) is 8.92. The molecule has 1 aliphatic rings. The van der Waals surface area contributed by atoms with Gasteiger partial charge in [0.2, 0.25) is 0 Å². The number of likely N-dealkylation sites (tertiary alicyclic amines) is 1. The molecule has 0 bridgehead atoms. The van der Waals surface area contributed by atoms with Gasteiger partial charge in [0.1, 0.15) is 24.3 Å². The second kappa shape index (κ2) is 10.1. The lowest BCUT2D eigenvalue weighted by Crippen LogP contribution is -2.63. The van der Waals surface area contributed by atoms with E-state index in [0.717, 1.165) is 0 Å². The summed E-state index contributed by atoms with van der Waals surface area (Å²) in [6.45, 7) is 12.1. The van der Waals surface area contributed by atoms with Crippen LogP contribution in [0.3, 0.4) is 0 Å². The minimum Gasteiger partial charge on any atom is -0.464 e. The molecule has 0 N–H and O–H groups in total. The van der Waals surface area contributed by atoms with Gasteiger partial charge in [-0.1, -0.05) is 0 Å². The van der Waals surface area contributed by atoms with E-state index < -0.39 is 0 Å². The largest absolute Gasteiger partial charge is 0.464 e. The van der Waals surface area contributed by atoms with Crippen LogP contribution in [0.15, 0.2) is 0 Å². The van der Waals surface area contributed by atoms with E-state index >= 15 is 0 Å². The van der Waals surface area contributed by atoms with Crippen LogP contribution in [0.25, 0.3) is 0 Å². The third-order valence-electron chi connectivity index (χ3n) is 5.15. The summed E-state index contributed by atoms with van der Waals surface area (Å²) in [5, 5.41) is 0. The van der Waals surface area contributed by atoms with E-state index in [4.69, 9.17) is 9.47 Å². The molecule has 1 rings (SSSR count). The van der Waals surface area contributed by atoms with Crippen molar-refractivity contribution in [3.8, 4) is 0 Å². The van der Waals surface area contributed by atoms with Gasteiger partial charge in [-0.15, -0.1) is 0 Å². The first kappa shape index (κ1) is 24.3. The molecule has 0 unspecified atom stereocenters. The van der Waals surface area contributed by atoms with Crippen LogP contribution in [0.1, 0.15) is 80.1 Å². The molecule has 0 aromatic rings. The standard InChI is InChI=1S/C21H35NO6/c1-15(23)7-9-18(25)27-12-11-22-20(3,4)13-17(14-21(22,5)6)28-19(26)10-8-16(2)24/h17H,7-14H2,1-6H3. The van der Waals surface area contributed by atoms with Gasteiger partial charge in [-0.25, -0.2) is 0 Å². The third kappa shape index (κ3) is 8.09. The molecule has 0 atom stereocenters. The maximum Gasteiger partial charge on any atom is 0.306 e. The first-order valence-electron chi connectivity index (χ1n) is 9.95. The number of hydrogen-bond donors (Lipinski definition) is 0. The highest BCUT2D eigenvalue weighted by Gasteiger charge is 2.46. The molecule has 0 saturated carbocycles. The molecule has 1 fully saturated rings.